The Hall–Kier alpha value is -2.43. The van der Waals surface area contributed by atoms with Crippen molar-refractivity contribution in [2.75, 3.05) is 0 Å². The summed E-state index contributed by atoms with van der Waals surface area (Å²) in [5.74, 6) is 0. The summed E-state index contributed by atoms with van der Waals surface area (Å²) < 4.78 is 4.49. The molecule has 2 heterocycles. The highest BCUT2D eigenvalue weighted by atomic mass is 16.6. The molecule has 0 fully saturated rings. The third kappa shape index (κ3) is 1.48. The van der Waals surface area contributed by atoms with E-state index in [4.69, 9.17) is 0 Å². The van der Waals surface area contributed by atoms with Crippen LogP contribution in [0.1, 0.15) is 11.4 Å². The van der Waals surface area contributed by atoms with E-state index in [-0.39, 0.29) is 0 Å². The van der Waals surface area contributed by atoms with E-state index in [1.54, 1.807) is 12.3 Å². The van der Waals surface area contributed by atoms with Gasteiger partial charge in [-0.15, -0.1) is 0 Å². The van der Waals surface area contributed by atoms with Crippen molar-refractivity contribution in [2.24, 2.45) is 0 Å². The molecule has 0 saturated carbocycles. The smallest absolute Gasteiger partial charge is 0.127 e. The summed E-state index contributed by atoms with van der Waals surface area (Å²) in [5, 5.41) is 15.4. The third-order valence-corrected chi connectivity index (χ3v) is 2.29. The van der Waals surface area contributed by atoms with E-state index < -0.39 is 0 Å². The van der Waals surface area contributed by atoms with E-state index in [9.17, 15) is 0 Å². The molecule has 0 aliphatic rings. The quantitative estimate of drug-likeness (QED) is 0.706. The number of aromatic amines is 1. The van der Waals surface area contributed by atoms with Crippen LogP contribution in [0.25, 0.3) is 23.1 Å². The van der Waals surface area contributed by atoms with Crippen LogP contribution >= 0.6 is 0 Å². The fourth-order valence-electron chi connectivity index (χ4n) is 1.52. The number of fused-ring (bicyclic) bond motifs is 1. The van der Waals surface area contributed by atoms with Gasteiger partial charge in [-0.1, -0.05) is 28.5 Å². The Balaban J connectivity index is 2.01. The van der Waals surface area contributed by atoms with Crippen LogP contribution < -0.4 is 0 Å². The van der Waals surface area contributed by atoms with E-state index in [0.717, 1.165) is 16.6 Å². The van der Waals surface area contributed by atoms with Gasteiger partial charge in [-0.05, 0) is 18.2 Å². The maximum Gasteiger partial charge on any atom is 0.127 e. The minimum absolute atomic E-state index is 0.673. The van der Waals surface area contributed by atoms with Crippen molar-refractivity contribution in [3.8, 4) is 0 Å². The van der Waals surface area contributed by atoms with Crippen molar-refractivity contribution in [1.82, 2.24) is 20.5 Å². The first-order chi connectivity index (χ1) is 7.93. The number of aromatic nitrogens is 4. The van der Waals surface area contributed by atoms with Crippen LogP contribution in [0.3, 0.4) is 0 Å². The molecule has 0 spiro atoms. The Labute approximate surface area is 90.7 Å². The number of nitrogens with one attached hydrogen (secondary N) is 1. The molecule has 0 atom stereocenters. The molecule has 5 heteroatoms. The average Bonchev–Trinajstić information content (AvgIpc) is 2.96. The Morgan fingerprint density at radius 2 is 2.12 bits per heavy atom. The first-order valence-corrected chi connectivity index (χ1v) is 4.82. The fraction of sp³-hybridized carbons (Fsp3) is 0. The molecule has 0 bridgehead atoms. The van der Waals surface area contributed by atoms with Crippen molar-refractivity contribution in [1.29, 1.82) is 0 Å². The van der Waals surface area contributed by atoms with E-state index in [2.05, 4.69) is 25.1 Å². The van der Waals surface area contributed by atoms with Gasteiger partial charge in [0.1, 0.15) is 5.69 Å². The van der Waals surface area contributed by atoms with Crippen molar-refractivity contribution in [3.63, 3.8) is 0 Å². The SMILES string of the molecule is C(=Cc1n[nH]c2ccccc12)c1cnon1. The highest BCUT2D eigenvalue weighted by Gasteiger charge is 2.00. The molecule has 0 aliphatic carbocycles. The number of para-hydroxylation sites is 1. The molecular weight excluding hydrogens is 204 g/mol. The summed E-state index contributed by atoms with van der Waals surface area (Å²) in [6.07, 6.45) is 5.23. The molecule has 5 nitrogen and oxygen atoms in total. The minimum Gasteiger partial charge on any atom is -0.277 e. The number of hydrogen-bond acceptors (Lipinski definition) is 4. The second-order valence-electron chi connectivity index (χ2n) is 3.32. The molecule has 1 N–H and O–H groups in total. The maximum atomic E-state index is 4.49. The average molecular weight is 212 g/mol. The highest BCUT2D eigenvalue weighted by Crippen LogP contribution is 2.16. The minimum atomic E-state index is 0.673. The molecule has 0 saturated heterocycles. The summed E-state index contributed by atoms with van der Waals surface area (Å²) in [6, 6.07) is 7.94. The standard InChI is InChI=1S/C11H8N4O/c1-2-4-10-9(3-1)11(14-13-10)6-5-8-7-12-16-15-8/h1-7H,(H,13,14). The van der Waals surface area contributed by atoms with Crippen LogP contribution in [0.4, 0.5) is 0 Å². The lowest BCUT2D eigenvalue weighted by molar-refractivity contribution is 0.306. The predicted molar refractivity (Wildman–Crippen MR) is 59.3 cm³/mol. The molecule has 16 heavy (non-hydrogen) atoms. The summed E-state index contributed by atoms with van der Waals surface area (Å²) in [4.78, 5) is 0. The number of nitrogens with zero attached hydrogens (tertiary/aromatic N) is 3. The number of hydrogen-bond donors (Lipinski definition) is 1. The summed E-state index contributed by atoms with van der Waals surface area (Å²) >= 11 is 0. The van der Waals surface area contributed by atoms with Gasteiger partial charge in [0.2, 0.25) is 0 Å². The number of benzene rings is 1. The Morgan fingerprint density at radius 1 is 1.19 bits per heavy atom. The van der Waals surface area contributed by atoms with Gasteiger partial charge in [-0.3, -0.25) is 5.10 Å². The molecule has 0 aliphatic heterocycles. The van der Waals surface area contributed by atoms with E-state index >= 15 is 0 Å². The van der Waals surface area contributed by atoms with Crippen LogP contribution in [-0.2, 0) is 0 Å². The molecule has 78 valence electrons. The molecule has 0 radical (unpaired) electrons. The third-order valence-electron chi connectivity index (χ3n) is 2.29. The van der Waals surface area contributed by atoms with Gasteiger partial charge in [-0.2, -0.15) is 5.10 Å². The van der Waals surface area contributed by atoms with Crippen molar-refractivity contribution in [3.05, 3.63) is 41.9 Å². The highest BCUT2D eigenvalue weighted by molar-refractivity contribution is 5.88. The van der Waals surface area contributed by atoms with E-state index in [0.29, 0.717) is 5.69 Å². The summed E-state index contributed by atoms with van der Waals surface area (Å²) in [7, 11) is 0. The normalized spacial score (nSPS) is 11.5. The molecule has 3 aromatic rings. The number of H-pyrrole nitrogens is 1. The fourth-order valence-corrected chi connectivity index (χ4v) is 1.52. The Kier molecular flexibility index (Phi) is 2.00. The van der Waals surface area contributed by atoms with Gasteiger partial charge in [-0.25, -0.2) is 4.63 Å². The number of rotatable bonds is 2. The second-order valence-corrected chi connectivity index (χ2v) is 3.32. The molecular formula is C11H8N4O. The van der Waals surface area contributed by atoms with Gasteiger partial charge < -0.3 is 0 Å². The van der Waals surface area contributed by atoms with Gasteiger partial charge in [0.05, 0.1) is 17.4 Å². The zero-order chi connectivity index (χ0) is 10.8. The van der Waals surface area contributed by atoms with Gasteiger partial charge in [0.15, 0.2) is 0 Å². The van der Waals surface area contributed by atoms with Crippen molar-refractivity contribution in [2.45, 2.75) is 0 Å². The molecule has 0 unspecified atom stereocenters. The molecule has 1 aromatic carbocycles. The second kappa shape index (κ2) is 3.62. The van der Waals surface area contributed by atoms with Crippen molar-refractivity contribution < 1.29 is 4.63 Å². The molecule has 0 amide bonds. The van der Waals surface area contributed by atoms with E-state index in [1.807, 2.05) is 30.3 Å². The topological polar surface area (TPSA) is 67.6 Å². The van der Waals surface area contributed by atoms with Crippen molar-refractivity contribution >= 4 is 23.1 Å². The first kappa shape index (κ1) is 8.84. The Bertz CT molecular complexity index is 624. The largest absolute Gasteiger partial charge is 0.277 e. The van der Waals surface area contributed by atoms with Gasteiger partial charge in [0.25, 0.3) is 0 Å². The predicted octanol–water partition coefficient (Wildman–Crippen LogP) is 2.12. The monoisotopic (exact) mass is 212 g/mol. The van der Waals surface area contributed by atoms with Crippen LogP contribution in [0.15, 0.2) is 35.1 Å². The van der Waals surface area contributed by atoms with Gasteiger partial charge >= 0.3 is 0 Å². The first-order valence-electron chi connectivity index (χ1n) is 4.82. The summed E-state index contributed by atoms with van der Waals surface area (Å²) in [6.45, 7) is 0. The zero-order valence-electron chi connectivity index (χ0n) is 8.29. The lowest BCUT2D eigenvalue weighted by Crippen LogP contribution is -1.73. The Morgan fingerprint density at radius 3 is 3.00 bits per heavy atom. The van der Waals surface area contributed by atoms with Crippen LogP contribution in [0.5, 0.6) is 0 Å². The molecule has 3 rings (SSSR count). The van der Waals surface area contributed by atoms with Gasteiger partial charge in [0, 0.05) is 5.39 Å². The zero-order valence-corrected chi connectivity index (χ0v) is 8.29. The van der Waals surface area contributed by atoms with Crippen LogP contribution in [0.2, 0.25) is 0 Å². The molecule has 2 aromatic heterocycles. The van der Waals surface area contributed by atoms with Crippen LogP contribution in [-0.4, -0.2) is 20.5 Å². The lowest BCUT2D eigenvalue weighted by atomic mass is 10.2. The van der Waals surface area contributed by atoms with E-state index in [1.165, 1.54) is 0 Å². The summed E-state index contributed by atoms with van der Waals surface area (Å²) in [5.41, 5.74) is 2.56. The lowest BCUT2D eigenvalue weighted by Gasteiger charge is -1.87. The van der Waals surface area contributed by atoms with Crippen LogP contribution in [0, 0.1) is 0 Å². The maximum absolute atomic E-state index is 4.49.